The lowest BCUT2D eigenvalue weighted by Crippen LogP contribution is -2.57. The molecule has 0 aliphatic carbocycles. The SMILES string of the molecule is N=C1CN(C(=O)C[C@@H](Cc2cc(F)c(F)cc2F)N[C@H](C(N)=O)c2ccccc2)CCN1C(=N)C(F)(F)F. The summed E-state index contributed by atoms with van der Waals surface area (Å²) in [4.78, 5) is 26.8. The number of nitrogens with zero attached hydrogens (tertiary/aromatic N) is 2. The Kier molecular flexibility index (Phi) is 8.76. The van der Waals surface area contributed by atoms with Crippen LogP contribution in [0.15, 0.2) is 42.5 Å². The minimum absolute atomic E-state index is 0.246. The van der Waals surface area contributed by atoms with Crippen LogP contribution in [-0.2, 0) is 16.0 Å². The minimum atomic E-state index is -4.97. The molecule has 38 heavy (non-hydrogen) atoms. The van der Waals surface area contributed by atoms with E-state index in [9.17, 15) is 35.9 Å². The summed E-state index contributed by atoms with van der Waals surface area (Å²) < 4.78 is 80.3. The number of hydrogen-bond donors (Lipinski definition) is 4. The standard InChI is InChI=1S/C24H24F6N6O2/c25-16-11-18(27)17(26)9-14(16)8-15(34-21(22(32)38)13-4-2-1-3-5-13)10-20(37)35-6-7-36(19(31)12-35)23(33)24(28,29)30/h1-5,9,11,15,21,31,33-34H,6-8,10,12H2,(H2,32,38)/t15-,21+/m1/s1. The summed E-state index contributed by atoms with van der Waals surface area (Å²) in [6.07, 6.45) is -5.79. The van der Waals surface area contributed by atoms with Crippen molar-refractivity contribution in [1.82, 2.24) is 15.1 Å². The Morgan fingerprint density at radius 3 is 2.24 bits per heavy atom. The van der Waals surface area contributed by atoms with E-state index in [0.717, 1.165) is 4.90 Å². The first-order chi connectivity index (χ1) is 17.8. The normalized spacial score (nSPS) is 15.8. The van der Waals surface area contributed by atoms with Crippen LogP contribution >= 0.6 is 0 Å². The number of rotatable bonds is 8. The molecule has 5 N–H and O–H groups in total. The number of nitrogens with one attached hydrogen (secondary N) is 3. The quantitative estimate of drug-likeness (QED) is 0.177. The predicted molar refractivity (Wildman–Crippen MR) is 125 cm³/mol. The maximum absolute atomic E-state index is 14.4. The number of piperazine rings is 1. The number of benzene rings is 2. The first kappa shape index (κ1) is 28.6. The van der Waals surface area contributed by atoms with Crippen LogP contribution in [0.4, 0.5) is 26.3 Å². The monoisotopic (exact) mass is 542 g/mol. The van der Waals surface area contributed by atoms with Crippen molar-refractivity contribution in [2.24, 2.45) is 5.73 Å². The molecule has 2 amide bonds. The number of halogens is 6. The van der Waals surface area contributed by atoms with Crippen LogP contribution in [-0.4, -0.2) is 65.1 Å². The van der Waals surface area contributed by atoms with Crippen molar-refractivity contribution in [2.45, 2.75) is 31.1 Å². The Bertz CT molecular complexity index is 1220. The lowest BCUT2D eigenvalue weighted by Gasteiger charge is -2.37. The van der Waals surface area contributed by atoms with Gasteiger partial charge in [-0.05, 0) is 23.6 Å². The van der Waals surface area contributed by atoms with Crippen LogP contribution in [0.5, 0.6) is 0 Å². The molecule has 0 saturated carbocycles. The Labute approximate surface area is 213 Å². The number of alkyl halides is 3. The van der Waals surface area contributed by atoms with Crippen molar-refractivity contribution < 1.29 is 35.9 Å². The summed E-state index contributed by atoms with van der Waals surface area (Å²) in [5.74, 6) is -7.66. The molecular formula is C24H24F6N6O2. The van der Waals surface area contributed by atoms with Crippen LogP contribution in [0, 0.1) is 28.3 Å². The molecule has 1 saturated heterocycles. The third-order valence-electron chi connectivity index (χ3n) is 5.95. The van der Waals surface area contributed by atoms with Crippen LogP contribution in [0.25, 0.3) is 0 Å². The van der Waals surface area contributed by atoms with Crippen molar-refractivity contribution in [2.75, 3.05) is 19.6 Å². The number of carbonyl (C=O) groups is 2. The lowest BCUT2D eigenvalue weighted by molar-refractivity contribution is -0.132. The molecule has 8 nitrogen and oxygen atoms in total. The largest absolute Gasteiger partial charge is 0.449 e. The Morgan fingerprint density at radius 1 is 1.03 bits per heavy atom. The van der Waals surface area contributed by atoms with Gasteiger partial charge in [0.15, 0.2) is 11.6 Å². The second-order valence-corrected chi connectivity index (χ2v) is 8.64. The van der Waals surface area contributed by atoms with Gasteiger partial charge < -0.3 is 15.5 Å². The Balaban J connectivity index is 1.82. The van der Waals surface area contributed by atoms with Gasteiger partial charge in [-0.2, -0.15) is 13.2 Å². The molecular weight excluding hydrogens is 518 g/mol. The minimum Gasteiger partial charge on any atom is -0.368 e. The van der Waals surface area contributed by atoms with E-state index >= 15 is 0 Å². The molecule has 0 unspecified atom stereocenters. The van der Waals surface area contributed by atoms with E-state index in [0.29, 0.717) is 22.6 Å². The van der Waals surface area contributed by atoms with Crippen molar-refractivity contribution in [1.29, 1.82) is 10.8 Å². The van der Waals surface area contributed by atoms with E-state index in [1.165, 1.54) is 0 Å². The third-order valence-corrected chi connectivity index (χ3v) is 5.95. The highest BCUT2D eigenvalue weighted by atomic mass is 19.4. The van der Waals surface area contributed by atoms with E-state index in [1.807, 2.05) is 0 Å². The van der Waals surface area contributed by atoms with Gasteiger partial charge in [0.25, 0.3) is 0 Å². The maximum atomic E-state index is 14.4. The van der Waals surface area contributed by atoms with Gasteiger partial charge in [-0.3, -0.25) is 25.7 Å². The van der Waals surface area contributed by atoms with E-state index in [1.54, 1.807) is 30.3 Å². The zero-order chi connectivity index (χ0) is 28.2. The molecule has 1 fully saturated rings. The van der Waals surface area contributed by atoms with Gasteiger partial charge in [0, 0.05) is 31.6 Å². The number of primary amides is 1. The van der Waals surface area contributed by atoms with Gasteiger partial charge in [0.1, 0.15) is 17.7 Å². The molecule has 0 bridgehead atoms. The fourth-order valence-corrected chi connectivity index (χ4v) is 4.05. The van der Waals surface area contributed by atoms with Crippen LogP contribution in [0.3, 0.4) is 0 Å². The summed E-state index contributed by atoms with van der Waals surface area (Å²) in [7, 11) is 0. The number of nitrogens with two attached hydrogens (primary N) is 1. The average molecular weight is 542 g/mol. The third kappa shape index (κ3) is 6.88. The molecule has 1 heterocycles. The highest BCUT2D eigenvalue weighted by molar-refractivity contribution is 6.03. The summed E-state index contributed by atoms with van der Waals surface area (Å²) in [6.45, 7) is -1.22. The highest BCUT2D eigenvalue weighted by Gasteiger charge is 2.42. The van der Waals surface area contributed by atoms with E-state index in [2.05, 4.69) is 5.32 Å². The first-order valence-electron chi connectivity index (χ1n) is 11.3. The fraction of sp³-hybridized carbons (Fsp3) is 0.333. The van der Waals surface area contributed by atoms with E-state index < -0.39 is 78.7 Å². The molecule has 0 spiro atoms. The molecule has 2 atom stereocenters. The number of hydrogen-bond acceptors (Lipinski definition) is 5. The van der Waals surface area contributed by atoms with Gasteiger partial charge in [-0.25, -0.2) is 13.2 Å². The van der Waals surface area contributed by atoms with Gasteiger partial charge in [-0.15, -0.1) is 0 Å². The molecule has 0 radical (unpaired) electrons. The fourth-order valence-electron chi connectivity index (χ4n) is 4.05. The number of carbonyl (C=O) groups excluding carboxylic acids is 2. The molecule has 14 heteroatoms. The summed E-state index contributed by atoms with van der Waals surface area (Å²) in [6, 6.07) is 6.88. The molecule has 1 aliphatic rings. The Hall–Kier alpha value is -3.94. The number of amides is 2. The lowest BCUT2D eigenvalue weighted by atomic mass is 9.98. The van der Waals surface area contributed by atoms with Gasteiger partial charge in [0.05, 0.1) is 6.54 Å². The first-order valence-corrected chi connectivity index (χ1v) is 11.3. The average Bonchev–Trinajstić information content (AvgIpc) is 2.84. The van der Waals surface area contributed by atoms with Gasteiger partial charge in [-0.1, -0.05) is 30.3 Å². The second-order valence-electron chi connectivity index (χ2n) is 8.64. The smallest absolute Gasteiger partial charge is 0.368 e. The summed E-state index contributed by atoms with van der Waals surface area (Å²) in [5.41, 5.74) is 5.66. The molecule has 204 valence electrons. The summed E-state index contributed by atoms with van der Waals surface area (Å²) in [5, 5.41) is 18.0. The molecule has 1 aliphatic heterocycles. The van der Waals surface area contributed by atoms with Gasteiger partial charge >= 0.3 is 6.18 Å². The zero-order valence-corrected chi connectivity index (χ0v) is 19.8. The maximum Gasteiger partial charge on any atom is 0.449 e. The topological polar surface area (TPSA) is 126 Å². The second kappa shape index (κ2) is 11.6. The van der Waals surface area contributed by atoms with Crippen molar-refractivity contribution in [3.05, 3.63) is 71.0 Å². The highest BCUT2D eigenvalue weighted by Crippen LogP contribution is 2.22. The van der Waals surface area contributed by atoms with Gasteiger partial charge in [0.2, 0.25) is 17.6 Å². The van der Waals surface area contributed by atoms with E-state index in [4.69, 9.17) is 16.6 Å². The zero-order valence-electron chi connectivity index (χ0n) is 19.8. The van der Waals surface area contributed by atoms with E-state index in [-0.39, 0.29) is 18.5 Å². The number of amidine groups is 2. The summed E-state index contributed by atoms with van der Waals surface area (Å²) >= 11 is 0. The van der Waals surface area contributed by atoms with Crippen LogP contribution in [0.2, 0.25) is 0 Å². The van der Waals surface area contributed by atoms with Crippen LogP contribution < -0.4 is 11.1 Å². The Morgan fingerprint density at radius 2 is 1.66 bits per heavy atom. The predicted octanol–water partition coefficient (Wildman–Crippen LogP) is 2.88. The van der Waals surface area contributed by atoms with Crippen molar-refractivity contribution in [3.8, 4) is 0 Å². The molecule has 2 aromatic carbocycles. The van der Waals surface area contributed by atoms with Crippen molar-refractivity contribution in [3.63, 3.8) is 0 Å². The molecule has 2 aromatic rings. The van der Waals surface area contributed by atoms with Crippen LogP contribution in [0.1, 0.15) is 23.6 Å². The molecule has 3 rings (SSSR count). The molecule has 0 aromatic heterocycles. The van der Waals surface area contributed by atoms with Crippen molar-refractivity contribution >= 4 is 23.5 Å².